The van der Waals surface area contributed by atoms with Gasteiger partial charge in [0.05, 0.1) is 29.1 Å². The first-order valence-corrected chi connectivity index (χ1v) is 7.98. The molecule has 2 aromatic rings. The summed E-state index contributed by atoms with van der Waals surface area (Å²) >= 11 is 1.50. The molecule has 23 heavy (non-hydrogen) atoms. The summed E-state index contributed by atoms with van der Waals surface area (Å²) in [5, 5.41) is 19.9. The van der Waals surface area contributed by atoms with Crippen LogP contribution in [0.2, 0.25) is 0 Å². The van der Waals surface area contributed by atoms with Crippen molar-refractivity contribution in [1.82, 2.24) is 20.1 Å². The van der Waals surface area contributed by atoms with Crippen LogP contribution in [0.15, 0.2) is 17.6 Å². The van der Waals surface area contributed by atoms with Crippen LogP contribution in [0.4, 0.5) is 5.82 Å². The fourth-order valence-electron chi connectivity index (χ4n) is 1.86. The molecule has 0 saturated heterocycles. The van der Waals surface area contributed by atoms with Gasteiger partial charge in [0.15, 0.2) is 0 Å². The zero-order chi connectivity index (χ0) is 17.2. The minimum Gasteiger partial charge on any atom is -0.358 e. The molecule has 9 heteroatoms. The van der Waals surface area contributed by atoms with Gasteiger partial charge >= 0.3 is 5.82 Å². The number of nitrogens with zero attached hydrogens (tertiary/aromatic N) is 4. The number of rotatable bonds is 5. The average Bonchev–Trinajstić information content (AvgIpc) is 3.05. The second-order valence-corrected chi connectivity index (χ2v) is 7.13. The summed E-state index contributed by atoms with van der Waals surface area (Å²) < 4.78 is 1.24. The van der Waals surface area contributed by atoms with Gasteiger partial charge in [-0.2, -0.15) is 4.68 Å². The third-order valence-corrected chi connectivity index (χ3v) is 4.18. The second-order valence-electron chi connectivity index (χ2n) is 6.24. The van der Waals surface area contributed by atoms with E-state index < -0.39 is 4.92 Å². The van der Waals surface area contributed by atoms with Crippen molar-refractivity contribution in [1.29, 1.82) is 0 Å². The highest BCUT2D eigenvalue weighted by Gasteiger charge is 2.21. The van der Waals surface area contributed by atoms with Gasteiger partial charge in [-0.1, -0.05) is 20.8 Å². The van der Waals surface area contributed by atoms with Gasteiger partial charge in [0.2, 0.25) is 5.91 Å². The van der Waals surface area contributed by atoms with Gasteiger partial charge < -0.3 is 15.4 Å². The molecule has 0 aliphatic heterocycles. The van der Waals surface area contributed by atoms with Gasteiger partial charge in [0, 0.05) is 10.8 Å². The van der Waals surface area contributed by atoms with E-state index in [0.717, 1.165) is 10.7 Å². The molecule has 0 unspecified atom stereocenters. The first-order valence-electron chi connectivity index (χ1n) is 7.10. The van der Waals surface area contributed by atoms with Crippen LogP contribution in [0.25, 0.3) is 0 Å². The third kappa shape index (κ3) is 4.35. The summed E-state index contributed by atoms with van der Waals surface area (Å²) in [6, 6.07) is 1.03. The topological polar surface area (TPSA) is 103 Å². The van der Waals surface area contributed by atoms with E-state index in [1.165, 1.54) is 28.3 Å². The van der Waals surface area contributed by atoms with Crippen LogP contribution in [-0.4, -0.2) is 25.6 Å². The lowest BCUT2D eigenvalue weighted by molar-refractivity contribution is -0.389. The second kappa shape index (κ2) is 6.45. The molecule has 8 nitrogen and oxygen atoms in total. The molecule has 0 saturated carbocycles. The molecule has 0 radical (unpaired) electrons. The molecule has 1 atom stereocenters. The van der Waals surface area contributed by atoms with Crippen molar-refractivity contribution in [2.75, 3.05) is 0 Å². The van der Waals surface area contributed by atoms with Crippen LogP contribution < -0.4 is 5.32 Å². The Hall–Kier alpha value is -2.29. The molecular weight excluding hydrogens is 318 g/mol. The molecule has 0 fully saturated rings. The Balaban J connectivity index is 1.96. The van der Waals surface area contributed by atoms with Gasteiger partial charge in [-0.25, -0.2) is 4.98 Å². The van der Waals surface area contributed by atoms with Crippen LogP contribution in [0, 0.1) is 10.1 Å². The van der Waals surface area contributed by atoms with Crippen molar-refractivity contribution < 1.29 is 9.72 Å². The zero-order valence-electron chi connectivity index (χ0n) is 13.4. The number of nitro groups is 1. The minimum atomic E-state index is -0.597. The van der Waals surface area contributed by atoms with E-state index in [4.69, 9.17) is 0 Å². The fourth-order valence-corrected chi connectivity index (χ4v) is 2.92. The van der Waals surface area contributed by atoms with E-state index in [1.807, 2.05) is 12.3 Å². The smallest absolute Gasteiger partial charge is 0.358 e. The lowest BCUT2D eigenvalue weighted by Gasteiger charge is -2.15. The Morgan fingerprint density at radius 3 is 2.74 bits per heavy atom. The summed E-state index contributed by atoms with van der Waals surface area (Å²) in [5.74, 6) is -0.552. The number of hydrogen-bond donors (Lipinski definition) is 1. The van der Waals surface area contributed by atoms with Crippen molar-refractivity contribution in [3.05, 3.63) is 38.5 Å². The Morgan fingerprint density at radius 1 is 1.52 bits per heavy atom. The van der Waals surface area contributed by atoms with Crippen molar-refractivity contribution in [2.24, 2.45) is 0 Å². The maximum atomic E-state index is 12.0. The molecule has 0 bridgehead atoms. The number of thiazole rings is 1. The van der Waals surface area contributed by atoms with Gasteiger partial charge in [-0.15, -0.1) is 11.3 Å². The number of hydrogen-bond acceptors (Lipinski definition) is 6. The van der Waals surface area contributed by atoms with Crippen molar-refractivity contribution in [3.8, 4) is 0 Å². The highest BCUT2D eigenvalue weighted by Crippen LogP contribution is 2.26. The fraction of sp³-hybridized carbons (Fsp3) is 0.500. The summed E-state index contributed by atoms with van der Waals surface area (Å²) in [7, 11) is 0. The van der Waals surface area contributed by atoms with Crippen LogP contribution in [0.3, 0.4) is 0 Å². The van der Waals surface area contributed by atoms with Crippen molar-refractivity contribution >= 4 is 23.1 Å². The molecule has 0 aliphatic rings. The first-order chi connectivity index (χ1) is 10.7. The highest BCUT2D eigenvalue weighted by atomic mass is 32.1. The van der Waals surface area contributed by atoms with Gasteiger partial charge in [-0.05, 0) is 11.8 Å². The molecule has 2 heterocycles. The summed E-state index contributed by atoms with van der Waals surface area (Å²) in [6.07, 6.45) is 1.41. The number of carbonyl (C=O) groups is 1. The van der Waals surface area contributed by atoms with E-state index in [9.17, 15) is 14.9 Å². The predicted octanol–water partition coefficient (Wildman–Crippen LogP) is 2.42. The Labute approximate surface area is 137 Å². The number of amides is 1. The molecule has 1 N–H and O–H groups in total. The lowest BCUT2D eigenvalue weighted by Crippen LogP contribution is -2.30. The number of nitrogens with one attached hydrogen (secondary N) is 1. The SMILES string of the molecule is C[C@H](NC(=O)Cn1ccc([N+](=O)[O-])n1)c1nc(C(C)(C)C)cs1. The quantitative estimate of drug-likeness (QED) is 0.666. The van der Waals surface area contributed by atoms with Crippen LogP contribution in [0.5, 0.6) is 0 Å². The molecule has 2 aromatic heterocycles. The number of aromatic nitrogens is 3. The van der Waals surface area contributed by atoms with Crippen molar-refractivity contribution in [3.63, 3.8) is 0 Å². The Morgan fingerprint density at radius 2 is 2.22 bits per heavy atom. The van der Waals surface area contributed by atoms with E-state index in [0.29, 0.717) is 0 Å². The molecule has 0 aliphatic carbocycles. The molecule has 124 valence electrons. The van der Waals surface area contributed by atoms with Gasteiger partial charge in [0.1, 0.15) is 11.6 Å². The molecular formula is C14H19N5O3S. The molecule has 0 spiro atoms. The normalized spacial score (nSPS) is 12.9. The monoisotopic (exact) mass is 337 g/mol. The van der Waals surface area contributed by atoms with Crippen molar-refractivity contribution in [2.45, 2.75) is 45.7 Å². The predicted molar refractivity (Wildman–Crippen MR) is 86.3 cm³/mol. The van der Waals surface area contributed by atoms with E-state index in [1.54, 1.807) is 0 Å². The Kier molecular flexibility index (Phi) is 4.79. The maximum absolute atomic E-state index is 12.0. The van der Waals surface area contributed by atoms with Crippen LogP contribution in [0.1, 0.15) is 44.4 Å². The van der Waals surface area contributed by atoms with Gasteiger partial charge in [-0.3, -0.25) is 4.79 Å². The van der Waals surface area contributed by atoms with E-state index >= 15 is 0 Å². The zero-order valence-corrected chi connectivity index (χ0v) is 14.3. The van der Waals surface area contributed by atoms with E-state index in [2.05, 4.69) is 36.2 Å². The molecule has 1 amide bonds. The van der Waals surface area contributed by atoms with Crippen LogP contribution in [-0.2, 0) is 16.8 Å². The summed E-state index contributed by atoms with van der Waals surface area (Å²) in [4.78, 5) is 26.5. The molecule has 0 aromatic carbocycles. The highest BCUT2D eigenvalue weighted by molar-refractivity contribution is 7.09. The first kappa shape index (κ1) is 17.1. The minimum absolute atomic E-state index is 0.0352. The summed E-state index contributed by atoms with van der Waals surface area (Å²) in [5.41, 5.74) is 0.952. The standard InChI is InChI=1S/C14H19N5O3S/c1-9(13-16-10(8-23-13)14(2,3)4)15-12(20)7-18-6-5-11(17-18)19(21)22/h5-6,8-9H,7H2,1-4H3,(H,15,20)/t9-/m0/s1. The Bertz CT molecular complexity index is 716. The average molecular weight is 337 g/mol. The molecule has 2 rings (SSSR count). The van der Waals surface area contributed by atoms with E-state index in [-0.39, 0.29) is 29.7 Å². The lowest BCUT2D eigenvalue weighted by atomic mass is 9.93. The third-order valence-electron chi connectivity index (χ3n) is 3.16. The van der Waals surface area contributed by atoms with Crippen LogP contribution >= 0.6 is 11.3 Å². The summed E-state index contributed by atoms with van der Waals surface area (Å²) in [6.45, 7) is 8.03. The number of carbonyl (C=O) groups excluding carboxylic acids is 1. The van der Waals surface area contributed by atoms with Gasteiger partial charge in [0.25, 0.3) is 0 Å². The largest absolute Gasteiger partial charge is 0.389 e. The maximum Gasteiger partial charge on any atom is 0.389 e.